The van der Waals surface area contributed by atoms with Crippen LogP contribution in [0.25, 0.3) is 0 Å². The Morgan fingerprint density at radius 2 is 2.14 bits per heavy atom. The smallest absolute Gasteiger partial charge is 0.326 e. The molecule has 0 aromatic heterocycles. The van der Waals surface area contributed by atoms with E-state index in [2.05, 4.69) is 5.32 Å². The number of anilines is 2. The maximum atomic E-state index is 12.1. The number of nitrogens with one attached hydrogen (secondary N) is 1. The number of fused-ring (bicyclic) bond motifs is 2. The Bertz CT molecular complexity index is 616. The zero-order chi connectivity index (χ0) is 15.7. The number of hydrogen-bond acceptors (Lipinski definition) is 6. The van der Waals surface area contributed by atoms with Gasteiger partial charge in [0.2, 0.25) is 12.7 Å². The van der Waals surface area contributed by atoms with Crippen LogP contribution in [-0.2, 0) is 14.3 Å². The Balaban J connectivity index is 1.83. The van der Waals surface area contributed by atoms with Crippen LogP contribution in [0, 0.1) is 0 Å². The van der Waals surface area contributed by atoms with Gasteiger partial charge in [-0.3, -0.25) is 14.5 Å². The highest BCUT2D eigenvalue weighted by Crippen LogP contribution is 2.42. The lowest BCUT2D eigenvalue weighted by molar-refractivity contribution is -0.147. The summed E-state index contributed by atoms with van der Waals surface area (Å²) in [6.07, 6.45) is 0.568. The maximum Gasteiger partial charge on any atom is 0.326 e. The fraction of sp³-hybridized carbons (Fsp3) is 0.467. The lowest BCUT2D eigenvalue weighted by atomic mass is 10.1. The van der Waals surface area contributed by atoms with E-state index in [0.29, 0.717) is 17.2 Å². The highest BCUT2D eigenvalue weighted by atomic mass is 16.7. The minimum Gasteiger partial charge on any atom is -0.461 e. The van der Waals surface area contributed by atoms with Crippen molar-refractivity contribution in [2.75, 3.05) is 30.1 Å². The molecule has 0 saturated heterocycles. The van der Waals surface area contributed by atoms with E-state index < -0.39 is 5.97 Å². The molecule has 7 heteroatoms. The number of hydrogen-bond donors (Lipinski definition) is 1. The molecule has 1 amide bonds. The van der Waals surface area contributed by atoms with Crippen LogP contribution in [0.3, 0.4) is 0 Å². The molecular formula is C15H18N2O5. The zero-order valence-corrected chi connectivity index (χ0v) is 12.5. The van der Waals surface area contributed by atoms with Crippen LogP contribution >= 0.6 is 0 Å². The summed E-state index contributed by atoms with van der Waals surface area (Å²) in [6.45, 7) is 3.93. The fourth-order valence-electron chi connectivity index (χ4n) is 2.34. The molecule has 1 atom stereocenters. The van der Waals surface area contributed by atoms with Crippen molar-refractivity contribution in [3.05, 3.63) is 12.1 Å². The fourth-order valence-corrected chi connectivity index (χ4v) is 2.34. The van der Waals surface area contributed by atoms with Crippen LogP contribution in [0.2, 0.25) is 0 Å². The molecule has 3 rings (SSSR count). The lowest BCUT2D eigenvalue weighted by Gasteiger charge is -2.30. The first-order valence-electron chi connectivity index (χ1n) is 7.26. The molecule has 2 aliphatic rings. The number of benzene rings is 1. The van der Waals surface area contributed by atoms with Gasteiger partial charge >= 0.3 is 5.97 Å². The van der Waals surface area contributed by atoms with Crippen molar-refractivity contribution in [3.8, 4) is 11.5 Å². The Morgan fingerprint density at radius 3 is 2.86 bits per heavy atom. The van der Waals surface area contributed by atoms with Crippen molar-refractivity contribution >= 4 is 23.3 Å². The van der Waals surface area contributed by atoms with Crippen molar-refractivity contribution in [3.63, 3.8) is 0 Å². The van der Waals surface area contributed by atoms with Gasteiger partial charge in [0.15, 0.2) is 11.5 Å². The summed E-state index contributed by atoms with van der Waals surface area (Å²) in [7, 11) is 0. The van der Waals surface area contributed by atoms with E-state index >= 15 is 0 Å². The van der Waals surface area contributed by atoms with E-state index in [1.54, 1.807) is 12.1 Å². The van der Waals surface area contributed by atoms with E-state index in [4.69, 9.17) is 14.2 Å². The molecule has 0 fully saturated rings. The van der Waals surface area contributed by atoms with Crippen LogP contribution in [0.1, 0.15) is 20.3 Å². The Hall–Kier alpha value is -2.44. The number of carbonyl (C=O) groups excluding carboxylic acids is 2. The molecule has 2 aliphatic heterocycles. The number of amides is 1. The summed E-state index contributed by atoms with van der Waals surface area (Å²) < 4.78 is 15.9. The summed E-state index contributed by atoms with van der Waals surface area (Å²) in [6, 6.07) is 3.48. The molecule has 2 heterocycles. The Labute approximate surface area is 128 Å². The average Bonchev–Trinajstić information content (AvgIpc) is 2.95. The van der Waals surface area contributed by atoms with Gasteiger partial charge in [-0.05, 0) is 13.3 Å². The molecule has 1 aromatic rings. The van der Waals surface area contributed by atoms with E-state index in [1.165, 1.54) is 4.90 Å². The summed E-state index contributed by atoms with van der Waals surface area (Å²) in [4.78, 5) is 25.5. The molecule has 7 nitrogen and oxygen atoms in total. The monoisotopic (exact) mass is 306 g/mol. The largest absolute Gasteiger partial charge is 0.461 e. The first-order chi connectivity index (χ1) is 10.6. The SMILES string of the molecule is CCC(C)OC(=O)CN1C(=O)CNc2cc3c(cc21)OCO3. The molecule has 1 N–H and O–H groups in total. The van der Waals surface area contributed by atoms with Crippen LogP contribution in [0.15, 0.2) is 12.1 Å². The molecule has 1 aromatic carbocycles. The lowest BCUT2D eigenvalue weighted by Crippen LogP contribution is -2.43. The number of nitrogens with zero attached hydrogens (tertiary/aromatic N) is 1. The van der Waals surface area contributed by atoms with E-state index in [-0.39, 0.29) is 31.9 Å². The summed E-state index contributed by atoms with van der Waals surface area (Å²) >= 11 is 0. The van der Waals surface area contributed by atoms with E-state index in [1.807, 2.05) is 13.8 Å². The third-order valence-electron chi connectivity index (χ3n) is 3.71. The normalized spacial score (nSPS) is 16.8. The topological polar surface area (TPSA) is 77.1 Å². The standard InChI is InChI=1S/C15H18N2O5/c1-3-9(2)22-15(19)7-17-11-5-13-12(20-8-21-13)4-10(11)16-6-14(17)18/h4-5,9,16H,3,6-8H2,1-2H3. The van der Waals surface area contributed by atoms with Crippen LogP contribution in [0.4, 0.5) is 11.4 Å². The second-order valence-electron chi connectivity index (χ2n) is 5.26. The van der Waals surface area contributed by atoms with Gasteiger partial charge in [0.1, 0.15) is 6.54 Å². The Morgan fingerprint density at radius 1 is 1.41 bits per heavy atom. The molecule has 0 aliphatic carbocycles. The van der Waals surface area contributed by atoms with Crippen molar-refractivity contribution in [1.82, 2.24) is 0 Å². The van der Waals surface area contributed by atoms with Crippen LogP contribution in [0.5, 0.6) is 11.5 Å². The number of ether oxygens (including phenoxy) is 3. The summed E-state index contributed by atoms with van der Waals surface area (Å²) in [5.74, 6) is 0.582. The highest BCUT2D eigenvalue weighted by molar-refractivity contribution is 6.06. The third-order valence-corrected chi connectivity index (χ3v) is 3.71. The average molecular weight is 306 g/mol. The van der Waals surface area contributed by atoms with Gasteiger partial charge < -0.3 is 19.5 Å². The van der Waals surface area contributed by atoms with Gasteiger partial charge in [-0.25, -0.2) is 0 Å². The highest BCUT2D eigenvalue weighted by Gasteiger charge is 2.29. The van der Waals surface area contributed by atoms with Crippen molar-refractivity contribution in [2.24, 2.45) is 0 Å². The third kappa shape index (κ3) is 2.66. The predicted molar refractivity (Wildman–Crippen MR) is 79.3 cm³/mol. The minimum absolute atomic E-state index is 0.114. The Kier molecular flexibility index (Phi) is 3.79. The predicted octanol–water partition coefficient (Wildman–Crippen LogP) is 1.52. The number of esters is 1. The van der Waals surface area contributed by atoms with Crippen molar-refractivity contribution < 1.29 is 23.8 Å². The summed E-state index contributed by atoms with van der Waals surface area (Å²) in [5, 5.41) is 3.02. The van der Waals surface area contributed by atoms with Crippen LogP contribution in [-0.4, -0.2) is 37.9 Å². The van der Waals surface area contributed by atoms with Gasteiger partial charge in [0.05, 0.1) is 24.0 Å². The van der Waals surface area contributed by atoms with Gasteiger partial charge in [-0.1, -0.05) is 6.92 Å². The quantitative estimate of drug-likeness (QED) is 0.850. The summed E-state index contributed by atoms with van der Waals surface area (Å²) in [5.41, 5.74) is 1.33. The number of rotatable bonds is 4. The molecule has 22 heavy (non-hydrogen) atoms. The van der Waals surface area contributed by atoms with E-state index in [0.717, 1.165) is 12.1 Å². The molecule has 0 spiro atoms. The van der Waals surface area contributed by atoms with Crippen LogP contribution < -0.4 is 19.7 Å². The molecule has 118 valence electrons. The second kappa shape index (κ2) is 5.75. The first-order valence-corrected chi connectivity index (χ1v) is 7.26. The van der Waals surface area contributed by atoms with E-state index in [9.17, 15) is 9.59 Å². The molecular weight excluding hydrogens is 288 g/mol. The number of carbonyl (C=O) groups is 2. The van der Waals surface area contributed by atoms with Gasteiger partial charge in [0, 0.05) is 12.1 Å². The molecule has 0 bridgehead atoms. The second-order valence-corrected chi connectivity index (χ2v) is 5.26. The van der Waals surface area contributed by atoms with Crippen molar-refractivity contribution in [1.29, 1.82) is 0 Å². The zero-order valence-electron chi connectivity index (χ0n) is 12.5. The van der Waals surface area contributed by atoms with Gasteiger partial charge in [0.25, 0.3) is 0 Å². The first kappa shape index (κ1) is 14.5. The van der Waals surface area contributed by atoms with Gasteiger partial charge in [-0.2, -0.15) is 0 Å². The molecule has 0 saturated carbocycles. The minimum atomic E-state index is -0.423. The maximum absolute atomic E-state index is 12.1. The molecule has 1 unspecified atom stereocenters. The van der Waals surface area contributed by atoms with Crippen molar-refractivity contribution in [2.45, 2.75) is 26.4 Å². The van der Waals surface area contributed by atoms with Gasteiger partial charge in [-0.15, -0.1) is 0 Å². The molecule has 0 radical (unpaired) electrons.